The monoisotopic (exact) mass is 264 g/mol. The third-order valence-corrected chi connectivity index (χ3v) is 6.30. The number of likely N-dealkylation sites (tertiary alicyclic amines) is 1. The standard InChI is InChI=1S/C16H28N2O/c1-4-16(7-5-6-8-16)14(19)18-11-12-9-17-10-13(12)15(18,2)3/h12-13,17H,4-11H2,1-3H3. The number of hydrogen-bond donors (Lipinski definition) is 1. The highest BCUT2D eigenvalue weighted by molar-refractivity contribution is 5.84. The van der Waals surface area contributed by atoms with Crippen LogP contribution in [0.3, 0.4) is 0 Å². The highest BCUT2D eigenvalue weighted by Gasteiger charge is 2.54. The first kappa shape index (κ1) is 13.4. The van der Waals surface area contributed by atoms with E-state index in [9.17, 15) is 4.79 Å². The second-order valence-electron chi connectivity index (χ2n) is 7.44. The van der Waals surface area contributed by atoms with Gasteiger partial charge in [-0.25, -0.2) is 0 Å². The van der Waals surface area contributed by atoms with Crippen LogP contribution in [0.4, 0.5) is 0 Å². The Kier molecular flexibility index (Phi) is 3.16. The van der Waals surface area contributed by atoms with Gasteiger partial charge in [0.1, 0.15) is 0 Å². The lowest BCUT2D eigenvalue weighted by atomic mass is 9.79. The van der Waals surface area contributed by atoms with Crippen molar-refractivity contribution in [3.63, 3.8) is 0 Å². The molecule has 1 aliphatic carbocycles. The largest absolute Gasteiger partial charge is 0.336 e. The highest BCUT2D eigenvalue weighted by atomic mass is 16.2. The van der Waals surface area contributed by atoms with Gasteiger partial charge in [-0.15, -0.1) is 0 Å². The summed E-state index contributed by atoms with van der Waals surface area (Å²) in [6, 6.07) is 0. The Morgan fingerprint density at radius 2 is 1.95 bits per heavy atom. The molecule has 3 nitrogen and oxygen atoms in total. The van der Waals surface area contributed by atoms with E-state index in [4.69, 9.17) is 0 Å². The van der Waals surface area contributed by atoms with E-state index in [-0.39, 0.29) is 11.0 Å². The van der Waals surface area contributed by atoms with E-state index in [0.29, 0.717) is 17.7 Å². The van der Waals surface area contributed by atoms with E-state index in [1.807, 2.05) is 0 Å². The SMILES string of the molecule is CCC1(C(=O)N2CC3CNCC3C2(C)C)CCCC1. The normalized spacial score (nSPS) is 35.6. The van der Waals surface area contributed by atoms with Gasteiger partial charge < -0.3 is 10.2 Å². The molecule has 3 fully saturated rings. The Morgan fingerprint density at radius 3 is 2.53 bits per heavy atom. The molecule has 0 bridgehead atoms. The maximum atomic E-state index is 13.2. The van der Waals surface area contributed by atoms with Gasteiger partial charge >= 0.3 is 0 Å². The van der Waals surface area contributed by atoms with Gasteiger partial charge in [-0.2, -0.15) is 0 Å². The lowest BCUT2D eigenvalue weighted by molar-refractivity contribution is -0.146. The second-order valence-corrected chi connectivity index (χ2v) is 7.44. The molecule has 2 aliphatic heterocycles. The summed E-state index contributed by atoms with van der Waals surface area (Å²) in [6.45, 7) is 9.92. The molecule has 0 aromatic carbocycles. The molecule has 19 heavy (non-hydrogen) atoms. The van der Waals surface area contributed by atoms with Crippen LogP contribution in [-0.2, 0) is 4.79 Å². The van der Waals surface area contributed by atoms with Crippen molar-refractivity contribution in [2.45, 2.75) is 58.4 Å². The quantitative estimate of drug-likeness (QED) is 0.830. The summed E-state index contributed by atoms with van der Waals surface area (Å²) in [5, 5.41) is 3.49. The molecule has 0 radical (unpaired) electrons. The lowest BCUT2D eigenvalue weighted by Crippen LogP contribution is -2.52. The zero-order chi connectivity index (χ0) is 13.7. The van der Waals surface area contributed by atoms with Crippen molar-refractivity contribution in [2.75, 3.05) is 19.6 Å². The first-order valence-electron chi connectivity index (χ1n) is 8.04. The molecule has 1 N–H and O–H groups in total. The first-order valence-corrected chi connectivity index (χ1v) is 8.04. The summed E-state index contributed by atoms with van der Waals surface area (Å²) in [6.07, 6.45) is 5.72. The molecule has 2 atom stereocenters. The predicted molar refractivity (Wildman–Crippen MR) is 76.8 cm³/mol. The van der Waals surface area contributed by atoms with Gasteiger partial charge in [-0.05, 0) is 44.9 Å². The summed E-state index contributed by atoms with van der Waals surface area (Å²) in [7, 11) is 0. The third kappa shape index (κ3) is 1.84. The topological polar surface area (TPSA) is 32.3 Å². The fourth-order valence-electron chi connectivity index (χ4n) is 4.82. The van der Waals surface area contributed by atoms with E-state index in [1.54, 1.807) is 0 Å². The zero-order valence-corrected chi connectivity index (χ0v) is 12.7. The van der Waals surface area contributed by atoms with Crippen LogP contribution in [0.5, 0.6) is 0 Å². The number of fused-ring (bicyclic) bond motifs is 1. The van der Waals surface area contributed by atoms with E-state index in [2.05, 4.69) is 31.0 Å². The predicted octanol–water partition coefficient (Wildman–Crippen LogP) is 2.41. The van der Waals surface area contributed by atoms with Crippen molar-refractivity contribution in [3.8, 4) is 0 Å². The van der Waals surface area contributed by atoms with Crippen LogP contribution < -0.4 is 5.32 Å². The third-order valence-electron chi connectivity index (χ3n) is 6.30. The summed E-state index contributed by atoms with van der Waals surface area (Å²) in [5.74, 6) is 1.79. The highest BCUT2D eigenvalue weighted by Crippen LogP contribution is 2.48. The summed E-state index contributed by atoms with van der Waals surface area (Å²) in [4.78, 5) is 15.4. The Hall–Kier alpha value is -0.570. The van der Waals surface area contributed by atoms with Crippen molar-refractivity contribution in [2.24, 2.45) is 17.3 Å². The summed E-state index contributed by atoms with van der Waals surface area (Å²) < 4.78 is 0. The summed E-state index contributed by atoms with van der Waals surface area (Å²) >= 11 is 0. The molecule has 2 heterocycles. The van der Waals surface area contributed by atoms with Crippen LogP contribution in [0.2, 0.25) is 0 Å². The molecular formula is C16H28N2O. The van der Waals surface area contributed by atoms with Crippen LogP contribution in [0.1, 0.15) is 52.9 Å². The van der Waals surface area contributed by atoms with Crippen molar-refractivity contribution >= 4 is 5.91 Å². The van der Waals surface area contributed by atoms with E-state index in [0.717, 1.165) is 38.9 Å². The molecule has 0 aromatic rings. The summed E-state index contributed by atoms with van der Waals surface area (Å²) in [5.41, 5.74) is 0.0132. The molecule has 3 rings (SSSR count). The number of nitrogens with zero attached hydrogens (tertiary/aromatic N) is 1. The van der Waals surface area contributed by atoms with Gasteiger partial charge in [-0.1, -0.05) is 19.8 Å². The Morgan fingerprint density at radius 1 is 1.26 bits per heavy atom. The Bertz CT molecular complexity index is 371. The van der Waals surface area contributed by atoms with Gasteiger partial charge in [0, 0.05) is 30.6 Å². The van der Waals surface area contributed by atoms with Crippen LogP contribution >= 0.6 is 0 Å². The Balaban J connectivity index is 1.84. The minimum absolute atomic E-state index is 0.0245. The van der Waals surface area contributed by atoms with Crippen molar-refractivity contribution in [1.29, 1.82) is 0 Å². The maximum absolute atomic E-state index is 13.2. The molecule has 2 saturated heterocycles. The lowest BCUT2D eigenvalue weighted by Gasteiger charge is -2.41. The van der Waals surface area contributed by atoms with Crippen LogP contribution in [-0.4, -0.2) is 36.0 Å². The number of carbonyl (C=O) groups excluding carboxylic acids is 1. The minimum Gasteiger partial charge on any atom is -0.336 e. The molecule has 0 spiro atoms. The van der Waals surface area contributed by atoms with E-state index >= 15 is 0 Å². The average Bonchev–Trinajstić information content (AvgIpc) is 3.07. The first-order chi connectivity index (χ1) is 9.01. The molecule has 1 amide bonds. The smallest absolute Gasteiger partial charge is 0.229 e. The van der Waals surface area contributed by atoms with Crippen molar-refractivity contribution < 1.29 is 4.79 Å². The molecule has 2 unspecified atom stereocenters. The van der Waals surface area contributed by atoms with Gasteiger partial charge in [0.05, 0.1) is 0 Å². The number of rotatable bonds is 2. The fraction of sp³-hybridized carbons (Fsp3) is 0.938. The second kappa shape index (κ2) is 4.47. The van der Waals surface area contributed by atoms with E-state index < -0.39 is 0 Å². The van der Waals surface area contributed by atoms with Gasteiger partial charge in [-0.3, -0.25) is 4.79 Å². The van der Waals surface area contributed by atoms with Crippen molar-refractivity contribution in [1.82, 2.24) is 10.2 Å². The minimum atomic E-state index is -0.0245. The number of amides is 1. The molecular weight excluding hydrogens is 236 g/mol. The average molecular weight is 264 g/mol. The molecule has 3 aliphatic rings. The van der Waals surface area contributed by atoms with Crippen LogP contribution in [0, 0.1) is 17.3 Å². The maximum Gasteiger partial charge on any atom is 0.229 e. The number of hydrogen-bond acceptors (Lipinski definition) is 2. The molecule has 3 heteroatoms. The van der Waals surface area contributed by atoms with Crippen molar-refractivity contribution in [3.05, 3.63) is 0 Å². The zero-order valence-electron chi connectivity index (χ0n) is 12.7. The molecule has 108 valence electrons. The molecule has 0 aromatic heterocycles. The van der Waals surface area contributed by atoms with Crippen LogP contribution in [0.15, 0.2) is 0 Å². The van der Waals surface area contributed by atoms with E-state index in [1.165, 1.54) is 12.8 Å². The van der Waals surface area contributed by atoms with Crippen LogP contribution in [0.25, 0.3) is 0 Å². The van der Waals surface area contributed by atoms with Gasteiger partial charge in [0.15, 0.2) is 0 Å². The Labute approximate surface area is 117 Å². The number of carbonyl (C=O) groups is 1. The molecule has 1 saturated carbocycles. The van der Waals surface area contributed by atoms with Gasteiger partial charge in [0.25, 0.3) is 0 Å². The fourth-order valence-corrected chi connectivity index (χ4v) is 4.82. The number of nitrogens with one attached hydrogen (secondary N) is 1. The van der Waals surface area contributed by atoms with Gasteiger partial charge in [0.2, 0.25) is 5.91 Å².